The van der Waals surface area contributed by atoms with E-state index in [4.69, 9.17) is 27.9 Å². The number of fused-ring (bicyclic) bond motifs is 1. The van der Waals surface area contributed by atoms with Crippen LogP contribution in [0, 0.1) is 0 Å². The largest absolute Gasteiger partial charge is 0.490 e. The van der Waals surface area contributed by atoms with Crippen LogP contribution in [0.15, 0.2) is 42.5 Å². The van der Waals surface area contributed by atoms with Gasteiger partial charge in [-0.2, -0.15) is 0 Å². The van der Waals surface area contributed by atoms with E-state index in [1.807, 2.05) is 28.8 Å². The molecule has 4 nitrogen and oxygen atoms in total. The summed E-state index contributed by atoms with van der Waals surface area (Å²) in [5.74, 6) is 1.16. The van der Waals surface area contributed by atoms with Gasteiger partial charge in [0.05, 0.1) is 22.6 Å². The van der Waals surface area contributed by atoms with Crippen molar-refractivity contribution in [2.75, 3.05) is 6.61 Å². The van der Waals surface area contributed by atoms with E-state index in [2.05, 4.69) is 4.98 Å². The van der Waals surface area contributed by atoms with Crippen molar-refractivity contribution >= 4 is 34.2 Å². The second-order valence-electron chi connectivity index (χ2n) is 5.21. The molecular formula is C17H16Cl2N2O2. The van der Waals surface area contributed by atoms with Gasteiger partial charge in [-0.05, 0) is 31.2 Å². The van der Waals surface area contributed by atoms with E-state index in [0.717, 1.165) is 11.0 Å². The second-order valence-corrected chi connectivity index (χ2v) is 6.05. The molecule has 0 saturated heterocycles. The Balaban J connectivity index is 1.81. The van der Waals surface area contributed by atoms with Crippen molar-refractivity contribution in [1.29, 1.82) is 0 Å². The zero-order chi connectivity index (χ0) is 16.4. The molecule has 23 heavy (non-hydrogen) atoms. The molecular weight excluding hydrogens is 335 g/mol. The first-order valence-corrected chi connectivity index (χ1v) is 8.03. The number of benzene rings is 2. The molecule has 0 radical (unpaired) electrons. The topological polar surface area (TPSA) is 47.3 Å². The summed E-state index contributed by atoms with van der Waals surface area (Å²) in [6.07, 6.45) is -0.655. The first-order chi connectivity index (χ1) is 11.1. The summed E-state index contributed by atoms with van der Waals surface area (Å²) in [7, 11) is 0. The first-order valence-electron chi connectivity index (χ1n) is 7.27. The highest BCUT2D eigenvalue weighted by Gasteiger charge is 2.14. The van der Waals surface area contributed by atoms with Gasteiger partial charge < -0.3 is 14.4 Å². The Morgan fingerprint density at radius 1 is 1.22 bits per heavy atom. The number of imidazole rings is 1. The second kappa shape index (κ2) is 6.79. The van der Waals surface area contributed by atoms with Crippen LogP contribution in [0.1, 0.15) is 18.9 Å². The van der Waals surface area contributed by atoms with Crippen molar-refractivity contribution in [3.63, 3.8) is 0 Å². The maximum Gasteiger partial charge on any atom is 0.139 e. The minimum atomic E-state index is -0.655. The number of aliphatic hydroxyl groups excluding tert-OH is 1. The van der Waals surface area contributed by atoms with Gasteiger partial charge in [-0.25, -0.2) is 4.98 Å². The third-order valence-corrected chi connectivity index (χ3v) is 4.07. The van der Waals surface area contributed by atoms with E-state index < -0.39 is 6.10 Å². The van der Waals surface area contributed by atoms with Crippen molar-refractivity contribution < 1.29 is 9.84 Å². The molecule has 1 heterocycles. The van der Waals surface area contributed by atoms with Crippen LogP contribution in [0.5, 0.6) is 5.75 Å². The summed E-state index contributed by atoms with van der Waals surface area (Å²) >= 11 is 12.0. The molecule has 0 aliphatic rings. The number of rotatable bonds is 5. The number of hydrogen-bond acceptors (Lipinski definition) is 3. The zero-order valence-corrected chi connectivity index (χ0v) is 14.1. The lowest BCUT2D eigenvalue weighted by Crippen LogP contribution is -2.13. The average molecular weight is 351 g/mol. The maximum absolute atomic E-state index is 9.94. The Morgan fingerprint density at radius 2 is 2.00 bits per heavy atom. The Bertz CT molecular complexity index is 831. The third-order valence-electron chi connectivity index (χ3n) is 3.52. The van der Waals surface area contributed by atoms with E-state index in [9.17, 15) is 5.11 Å². The van der Waals surface area contributed by atoms with Crippen LogP contribution in [0.3, 0.4) is 0 Å². The van der Waals surface area contributed by atoms with Crippen molar-refractivity contribution in [2.24, 2.45) is 0 Å². The Labute approximate surface area is 144 Å². The molecule has 0 spiro atoms. The Morgan fingerprint density at radius 3 is 2.78 bits per heavy atom. The van der Waals surface area contributed by atoms with Crippen LogP contribution < -0.4 is 4.74 Å². The molecule has 1 aromatic heterocycles. The van der Waals surface area contributed by atoms with Gasteiger partial charge >= 0.3 is 0 Å². The minimum Gasteiger partial charge on any atom is -0.490 e. The minimum absolute atomic E-state index is 0.389. The highest BCUT2D eigenvalue weighted by molar-refractivity contribution is 6.34. The quantitative estimate of drug-likeness (QED) is 0.738. The molecule has 0 saturated carbocycles. The van der Waals surface area contributed by atoms with Gasteiger partial charge in [-0.3, -0.25) is 0 Å². The molecule has 6 heteroatoms. The highest BCUT2D eigenvalue weighted by Crippen LogP contribution is 2.28. The lowest BCUT2D eigenvalue weighted by molar-refractivity contribution is 0.181. The first kappa shape index (κ1) is 16.1. The van der Waals surface area contributed by atoms with Crippen LogP contribution in [0.4, 0.5) is 0 Å². The summed E-state index contributed by atoms with van der Waals surface area (Å²) in [6.45, 7) is 2.64. The van der Waals surface area contributed by atoms with Crippen molar-refractivity contribution in [3.8, 4) is 5.75 Å². The van der Waals surface area contributed by atoms with E-state index in [0.29, 0.717) is 34.8 Å². The highest BCUT2D eigenvalue weighted by atomic mass is 35.5. The summed E-state index contributed by atoms with van der Waals surface area (Å²) < 4.78 is 7.68. The number of para-hydroxylation sites is 2. The predicted octanol–water partition coefficient (Wildman–Crippen LogP) is 4.48. The van der Waals surface area contributed by atoms with Gasteiger partial charge in [-0.1, -0.05) is 35.3 Å². The molecule has 3 rings (SSSR count). The molecule has 120 valence electrons. The summed E-state index contributed by atoms with van der Waals surface area (Å²) in [5, 5.41) is 11.0. The summed E-state index contributed by atoms with van der Waals surface area (Å²) in [4.78, 5) is 4.48. The molecule has 0 amide bonds. The van der Waals surface area contributed by atoms with Gasteiger partial charge in [0.25, 0.3) is 0 Å². The smallest absolute Gasteiger partial charge is 0.139 e. The molecule has 0 bridgehead atoms. The van der Waals surface area contributed by atoms with Crippen LogP contribution in [-0.4, -0.2) is 21.3 Å². The van der Waals surface area contributed by atoms with Crippen molar-refractivity contribution in [1.82, 2.24) is 9.55 Å². The summed E-state index contributed by atoms with van der Waals surface area (Å²) in [6, 6.07) is 12.9. The molecule has 2 aromatic carbocycles. The van der Waals surface area contributed by atoms with Gasteiger partial charge in [-0.15, -0.1) is 0 Å². The van der Waals surface area contributed by atoms with Gasteiger partial charge in [0, 0.05) is 11.1 Å². The van der Waals surface area contributed by atoms with Crippen LogP contribution in [0.25, 0.3) is 11.0 Å². The van der Waals surface area contributed by atoms with Crippen molar-refractivity contribution in [3.05, 3.63) is 58.3 Å². The van der Waals surface area contributed by atoms with Crippen LogP contribution >= 0.6 is 23.2 Å². The molecule has 1 unspecified atom stereocenters. The third kappa shape index (κ3) is 3.44. The lowest BCUT2D eigenvalue weighted by atomic mass is 10.3. The molecule has 0 aliphatic carbocycles. The SMILES string of the molecule is CC(O)c1nc2ccccc2n1CCOc1cc(Cl)ccc1Cl. The average Bonchev–Trinajstić information content (AvgIpc) is 2.90. The van der Waals surface area contributed by atoms with E-state index in [-0.39, 0.29) is 0 Å². The number of ether oxygens (including phenoxy) is 1. The lowest BCUT2D eigenvalue weighted by Gasteiger charge is -2.13. The fourth-order valence-corrected chi connectivity index (χ4v) is 2.82. The molecule has 3 aromatic rings. The fraction of sp³-hybridized carbons (Fsp3) is 0.235. The fourth-order valence-electron chi connectivity index (χ4n) is 2.48. The zero-order valence-electron chi connectivity index (χ0n) is 12.5. The number of aliphatic hydroxyl groups is 1. The molecule has 1 atom stereocenters. The molecule has 0 fully saturated rings. The van der Waals surface area contributed by atoms with Gasteiger partial charge in [0.1, 0.15) is 24.3 Å². The van der Waals surface area contributed by atoms with Crippen LogP contribution in [-0.2, 0) is 6.54 Å². The summed E-state index contributed by atoms with van der Waals surface area (Å²) in [5.41, 5.74) is 1.81. The maximum atomic E-state index is 9.94. The van der Waals surface area contributed by atoms with Crippen LogP contribution in [0.2, 0.25) is 10.0 Å². The molecule has 1 N–H and O–H groups in total. The normalized spacial score (nSPS) is 12.5. The van der Waals surface area contributed by atoms with Gasteiger partial charge in [0.2, 0.25) is 0 Å². The number of hydrogen-bond donors (Lipinski definition) is 1. The number of aromatic nitrogens is 2. The standard InChI is InChI=1S/C17H16Cl2N2O2/c1-11(22)17-20-14-4-2-3-5-15(14)21(17)8-9-23-16-10-12(18)6-7-13(16)19/h2-7,10-11,22H,8-9H2,1H3. The van der Waals surface area contributed by atoms with Crippen molar-refractivity contribution in [2.45, 2.75) is 19.6 Å². The van der Waals surface area contributed by atoms with E-state index in [1.165, 1.54) is 0 Å². The Hall–Kier alpha value is -1.75. The number of nitrogens with zero attached hydrogens (tertiary/aromatic N) is 2. The predicted molar refractivity (Wildman–Crippen MR) is 92.3 cm³/mol. The van der Waals surface area contributed by atoms with Gasteiger partial charge in [0.15, 0.2) is 0 Å². The monoisotopic (exact) mass is 350 g/mol. The molecule has 0 aliphatic heterocycles. The number of halogens is 2. The van der Waals surface area contributed by atoms with E-state index >= 15 is 0 Å². The van der Waals surface area contributed by atoms with E-state index in [1.54, 1.807) is 25.1 Å². The Kier molecular flexibility index (Phi) is 4.76.